The van der Waals surface area contributed by atoms with Crippen LogP contribution in [0, 0.1) is 10.1 Å². The number of piperazine rings is 1. The van der Waals surface area contributed by atoms with Crippen molar-refractivity contribution >= 4 is 27.7 Å². The zero-order valence-electron chi connectivity index (χ0n) is 10.8. The third-order valence-corrected chi connectivity index (χ3v) is 5.41. The van der Waals surface area contributed by atoms with Crippen molar-refractivity contribution in [1.82, 2.24) is 10.2 Å². The zero-order valence-corrected chi connectivity index (χ0v) is 12.5. The van der Waals surface area contributed by atoms with Gasteiger partial charge in [0.15, 0.2) is 0 Å². The van der Waals surface area contributed by atoms with Crippen LogP contribution in [-0.4, -0.2) is 36.0 Å². The monoisotopic (exact) mass is 309 g/mol. The van der Waals surface area contributed by atoms with Gasteiger partial charge in [-0.05, 0) is 17.5 Å². The molecule has 0 aromatic carbocycles. The molecular weight excluding hydrogens is 294 g/mol. The van der Waals surface area contributed by atoms with Gasteiger partial charge in [-0.3, -0.25) is 15.0 Å². The molecule has 1 N–H and O–H groups in total. The van der Waals surface area contributed by atoms with Crippen molar-refractivity contribution in [2.45, 2.75) is 6.04 Å². The number of rotatable bonds is 4. The lowest BCUT2D eigenvalue weighted by Crippen LogP contribution is -2.45. The van der Waals surface area contributed by atoms with Crippen molar-refractivity contribution < 1.29 is 4.92 Å². The number of nitrogens with one attached hydrogen (secondary N) is 1. The maximum absolute atomic E-state index is 10.9. The van der Waals surface area contributed by atoms with Gasteiger partial charge in [-0.2, -0.15) is 0 Å². The molecule has 0 saturated carbocycles. The summed E-state index contributed by atoms with van der Waals surface area (Å²) in [6.45, 7) is 3.87. The van der Waals surface area contributed by atoms with Crippen LogP contribution in [0.3, 0.4) is 0 Å². The van der Waals surface area contributed by atoms with Gasteiger partial charge in [0.25, 0.3) is 0 Å². The first-order valence-electron chi connectivity index (χ1n) is 6.48. The third kappa shape index (κ3) is 2.76. The SMILES string of the molecule is O=[N+]([O-])c1ccc([C@H](c2cccs2)N2CCNCC2)s1. The topological polar surface area (TPSA) is 58.4 Å². The molecule has 1 aliphatic rings. The highest BCUT2D eigenvalue weighted by Crippen LogP contribution is 2.38. The minimum Gasteiger partial charge on any atom is -0.314 e. The highest BCUT2D eigenvalue weighted by atomic mass is 32.1. The second kappa shape index (κ2) is 6.01. The van der Waals surface area contributed by atoms with Crippen LogP contribution in [0.2, 0.25) is 0 Å². The van der Waals surface area contributed by atoms with E-state index in [1.54, 1.807) is 17.4 Å². The first-order chi connectivity index (χ1) is 9.75. The Bertz CT molecular complexity index is 576. The van der Waals surface area contributed by atoms with E-state index in [9.17, 15) is 10.1 Å². The van der Waals surface area contributed by atoms with Gasteiger partial charge in [0.05, 0.1) is 11.0 Å². The van der Waals surface area contributed by atoms with Gasteiger partial charge in [-0.1, -0.05) is 17.4 Å². The van der Waals surface area contributed by atoms with Crippen LogP contribution in [-0.2, 0) is 0 Å². The highest BCUT2D eigenvalue weighted by molar-refractivity contribution is 7.15. The molecule has 0 bridgehead atoms. The summed E-state index contributed by atoms with van der Waals surface area (Å²) in [4.78, 5) is 15.3. The molecule has 0 unspecified atom stereocenters. The van der Waals surface area contributed by atoms with E-state index in [0.29, 0.717) is 0 Å². The predicted octanol–water partition coefficient (Wildman–Crippen LogP) is 2.71. The van der Waals surface area contributed by atoms with Crippen molar-refractivity contribution in [3.63, 3.8) is 0 Å². The molecule has 7 heteroatoms. The second-order valence-corrected chi connectivity index (χ2v) is 6.71. The maximum Gasteiger partial charge on any atom is 0.324 e. The molecule has 106 valence electrons. The molecule has 1 saturated heterocycles. The number of thiophene rings is 2. The summed E-state index contributed by atoms with van der Waals surface area (Å²) in [5, 5.41) is 16.5. The quantitative estimate of drug-likeness (QED) is 0.697. The molecule has 0 spiro atoms. The first-order valence-corrected chi connectivity index (χ1v) is 8.17. The zero-order chi connectivity index (χ0) is 13.9. The third-order valence-electron chi connectivity index (χ3n) is 3.39. The van der Waals surface area contributed by atoms with Crippen molar-refractivity contribution in [2.75, 3.05) is 26.2 Å². The average Bonchev–Trinajstić information content (AvgIpc) is 3.12. The Balaban J connectivity index is 1.93. The molecule has 0 radical (unpaired) electrons. The fourth-order valence-electron chi connectivity index (χ4n) is 2.47. The van der Waals surface area contributed by atoms with Crippen LogP contribution in [0.25, 0.3) is 0 Å². The van der Waals surface area contributed by atoms with E-state index >= 15 is 0 Å². The Morgan fingerprint density at radius 3 is 2.65 bits per heavy atom. The van der Waals surface area contributed by atoms with Crippen LogP contribution >= 0.6 is 22.7 Å². The van der Waals surface area contributed by atoms with Crippen LogP contribution in [0.4, 0.5) is 5.00 Å². The van der Waals surface area contributed by atoms with Gasteiger partial charge in [-0.25, -0.2) is 0 Å². The van der Waals surface area contributed by atoms with Crippen molar-refractivity contribution in [3.8, 4) is 0 Å². The van der Waals surface area contributed by atoms with Crippen molar-refractivity contribution in [1.29, 1.82) is 0 Å². The molecule has 1 fully saturated rings. The first kappa shape index (κ1) is 13.7. The maximum atomic E-state index is 10.9. The summed E-state index contributed by atoms with van der Waals surface area (Å²) in [7, 11) is 0. The van der Waals surface area contributed by atoms with E-state index < -0.39 is 0 Å². The minimum atomic E-state index is -0.308. The molecule has 5 nitrogen and oxygen atoms in total. The lowest BCUT2D eigenvalue weighted by atomic mass is 10.1. The van der Waals surface area contributed by atoms with E-state index in [1.165, 1.54) is 16.2 Å². The van der Waals surface area contributed by atoms with Crippen LogP contribution in [0.5, 0.6) is 0 Å². The number of hydrogen-bond donors (Lipinski definition) is 1. The molecule has 2 aromatic rings. The van der Waals surface area contributed by atoms with E-state index in [0.717, 1.165) is 31.1 Å². The smallest absolute Gasteiger partial charge is 0.314 e. The highest BCUT2D eigenvalue weighted by Gasteiger charge is 2.27. The van der Waals surface area contributed by atoms with E-state index in [4.69, 9.17) is 0 Å². The predicted molar refractivity (Wildman–Crippen MR) is 81.6 cm³/mol. The summed E-state index contributed by atoms with van der Waals surface area (Å²) < 4.78 is 0. The molecule has 20 heavy (non-hydrogen) atoms. The van der Waals surface area contributed by atoms with E-state index in [2.05, 4.69) is 21.7 Å². The lowest BCUT2D eigenvalue weighted by molar-refractivity contribution is -0.380. The minimum absolute atomic E-state index is 0.149. The molecule has 0 amide bonds. The summed E-state index contributed by atoms with van der Waals surface area (Å²) in [6, 6.07) is 7.81. The van der Waals surface area contributed by atoms with Crippen LogP contribution < -0.4 is 5.32 Å². The molecule has 1 aliphatic heterocycles. The second-order valence-electron chi connectivity index (χ2n) is 4.64. The average molecular weight is 309 g/mol. The molecular formula is C13H15N3O2S2. The Morgan fingerprint density at radius 1 is 1.25 bits per heavy atom. The number of nitro groups is 1. The van der Waals surface area contributed by atoms with Crippen LogP contribution in [0.15, 0.2) is 29.6 Å². The van der Waals surface area contributed by atoms with Gasteiger partial charge in [-0.15, -0.1) is 11.3 Å². The summed E-state index contributed by atoms with van der Waals surface area (Å²) in [5.74, 6) is 0. The van der Waals surface area contributed by atoms with Gasteiger partial charge < -0.3 is 5.32 Å². The van der Waals surface area contributed by atoms with Crippen LogP contribution in [0.1, 0.15) is 15.8 Å². The van der Waals surface area contributed by atoms with Gasteiger partial charge in [0.1, 0.15) is 0 Å². The van der Waals surface area contributed by atoms with E-state index in [1.807, 2.05) is 12.1 Å². The molecule has 3 heterocycles. The number of hydrogen-bond acceptors (Lipinski definition) is 6. The summed E-state index contributed by atoms with van der Waals surface area (Å²) >= 11 is 3.00. The fraction of sp³-hybridized carbons (Fsp3) is 0.385. The van der Waals surface area contributed by atoms with Gasteiger partial charge in [0.2, 0.25) is 0 Å². The molecule has 2 aromatic heterocycles. The molecule has 0 aliphatic carbocycles. The Hall–Kier alpha value is -1.28. The Labute approximate surface area is 125 Å². The Morgan fingerprint density at radius 2 is 2.05 bits per heavy atom. The lowest BCUT2D eigenvalue weighted by Gasteiger charge is -2.33. The molecule has 1 atom stereocenters. The summed E-state index contributed by atoms with van der Waals surface area (Å²) in [6.07, 6.45) is 0. The van der Waals surface area contributed by atoms with Crippen molar-refractivity contribution in [2.24, 2.45) is 0 Å². The summed E-state index contributed by atoms with van der Waals surface area (Å²) in [5.41, 5.74) is 0. The standard InChI is InChI=1S/C13H15N3O2S2/c17-16(18)12-4-3-11(20-12)13(10-2-1-9-19-10)15-7-5-14-6-8-15/h1-4,9,13-14H,5-8H2/t13-/m0/s1. The normalized spacial score (nSPS) is 18.0. The number of nitrogens with zero attached hydrogens (tertiary/aromatic N) is 2. The van der Waals surface area contributed by atoms with E-state index in [-0.39, 0.29) is 16.0 Å². The van der Waals surface area contributed by atoms with Gasteiger partial charge >= 0.3 is 5.00 Å². The van der Waals surface area contributed by atoms with Crippen molar-refractivity contribution in [3.05, 3.63) is 49.5 Å². The largest absolute Gasteiger partial charge is 0.324 e. The van der Waals surface area contributed by atoms with Gasteiger partial charge in [0, 0.05) is 42.0 Å². The molecule has 3 rings (SSSR count). The fourth-order valence-corrected chi connectivity index (χ4v) is 4.40. The Kier molecular flexibility index (Phi) is 4.11.